The normalized spacial score (nSPS) is 10.9. The molecule has 0 unspecified atom stereocenters. The summed E-state index contributed by atoms with van der Waals surface area (Å²) in [6.07, 6.45) is 0. The van der Waals surface area contributed by atoms with E-state index in [-0.39, 0.29) is 5.82 Å². The molecular formula is C23H18FNO. The molecular weight excluding hydrogens is 325 g/mol. The summed E-state index contributed by atoms with van der Waals surface area (Å²) >= 11 is 0. The molecule has 128 valence electrons. The number of ether oxygens (including phenoxy) is 1. The SMILES string of the molecule is COc1ccccc1-c1cc2ccccc2nc1-c1cc(C)ccc1F. The number of halogens is 1. The van der Waals surface area contributed by atoms with Crippen molar-refractivity contribution in [3.63, 3.8) is 0 Å². The van der Waals surface area contributed by atoms with Crippen molar-refractivity contribution in [2.45, 2.75) is 6.92 Å². The van der Waals surface area contributed by atoms with Gasteiger partial charge in [-0.1, -0.05) is 48.0 Å². The maximum absolute atomic E-state index is 14.7. The van der Waals surface area contributed by atoms with Gasteiger partial charge in [0.05, 0.1) is 18.3 Å². The first-order valence-corrected chi connectivity index (χ1v) is 8.47. The van der Waals surface area contributed by atoms with E-state index in [1.54, 1.807) is 13.2 Å². The molecule has 0 atom stereocenters. The van der Waals surface area contributed by atoms with Crippen molar-refractivity contribution in [3.05, 3.63) is 84.2 Å². The molecule has 4 rings (SSSR count). The van der Waals surface area contributed by atoms with Gasteiger partial charge in [-0.15, -0.1) is 0 Å². The van der Waals surface area contributed by atoms with Crippen LogP contribution >= 0.6 is 0 Å². The molecule has 0 spiro atoms. The second-order valence-corrected chi connectivity index (χ2v) is 6.26. The van der Waals surface area contributed by atoms with E-state index in [0.29, 0.717) is 11.3 Å². The van der Waals surface area contributed by atoms with Gasteiger partial charge in [0.15, 0.2) is 0 Å². The molecule has 2 nitrogen and oxygen atoms in total. The van der Waals surface area contributed by atoms with Gasteiger partial charge in [0, 0.05) is 22.1 Å². The average molecular weight is 343 g/mol. The highest BCUT2D eigenvalue weighted by molar-refractivity contribution is 5.93. The number of pyridine rings is 1. The Bertz CT molecular complexity index is 1100. The molecule has 1 heterocycles. The van der Waals surface area contributed by atoms with E-state index in [1.165, 1.54) is 6.07 Å². The zero-order valence-corrected chi connectivity index (χ0v) is 14.7. The summed E-state index contributed by atoms with van der Waals surface area (Å²) in [6, 6.07) is 22.8. The van der Waals surface area contributed by atoms with Crippen molar-refractivity contribution < 1.29 is 9.13 Å². The molecule has 0 saturated heterocycles. The molecule has 26 heavy (non-hydrogen) atoms. The fourth-order valence-corrected chi connectivity index (χ4v) is 3.21. The largest absolute Gasteiger partial charge is 0.496 e. The maximum atomic E-state index is 14.7. The Hall–Kier alpha value is -3.20. The Balaban J connectivity index is 2.09. The van der Waals surface area contributed by atoms with Crippen LogP contribution in [0.2, 0.25) is 0 Å². The molecule has 3 heteroatoms. The van der Waals surface area contributed by atoms with Crippen LogP contribution < -0.4 is 4.74 Å². The lowest BCUT2D eigenvalue weighted by Crippen LogP contribution is -1.96. The van der Waals surface area contributed by atoms with Gasteiger partial charge >= 0.3 is 0 Å². The molecule has 0 aliphatic carbocycles. The minimum atomic E-state index is -0.283. The fraction of sp³-hybridized carbons (Fsp3) is 0.0870. The summed E-state index contributed by atoms with van der Waals surface area (Å²) in [5.74, 6) is 0.452. The lowest BCUT2D eigenvalue weighted by Gasteiger charge is -2.15. The van der Waals surface area contributed by atoms with E-state index in [1.807, 2.05) is 61.5 Å². The standard InChI is InChI=1S/C23H18FNO/c1-15-11-12-20(24)19(13-15)23-18(17-8-4-6-10-22(17)26-2)14-16-7-3-5-9-21(16)25-23/h3-14H,1-2H3. The average Bonchev–Trinajstić information content (AvgIpc) is 2.69. The molecule has 0 saturated carbocycles. The second kappa shape index (κ2) is 6.60. The van der Waals surface area contributed by atoms with Gasteiger partial charge in [-0.05, 0) is 37.3 Å². The van der Waals surface area contributed by atoms with Gasteiger partial charge in [0.2, 0.25) is 0 Å². The first-order valence-electron chi connectivity index (χ1n) is 8.47. The third-order valence-corrected chi connectivity index (χ3v) is 4.50. The molecule has 1 aromatic heterocycles. The predicted octanol–water partition coefficient (Wildman–Crippen LogP) is 6.02. The van der Waals surface area contributed by atoms with Crippen molar-refractivity contribution >= 4 is 10.9 Å². The third kappa shape index (κ3) is 2.82. The number of benzene rings is 3. The molecule has 4 aromatic rings. The van der Waals surface area contributed by atoms with E-state index < -0.39 is 0 Å². The number of hydrogen-bond acceptors (Lipinski definition) is 2. The molecule has 0 radical (unpaired) electrons. The number of para-hydroxylation sites is 2. The molecule has 0 bridgehead atoms. The highest BCUT2D eigenvalue weighted by Crippen LogP contribution is 2.38. The fourth-order valence-electron chi connectivity index (χ4n) is 3.21. The molecule has 0 N–H and O–H groups in total. The van der Waals surface area contributed by atoms with E-state index in [4.69, 9.17) is 9.72 Å². The lowest BCUT2D eigenvalue weighted by molar-refractivity contribution is 0.416. The number of aromatic nitrogens is 1. The number of nitrogens with zero attached hydrogens (tertiary/aromatic N) is 1. The van der Waals surface area contributed by atoms with Gasteiger partial charge < -0.3 is 4.74 Å². The molecule has 0 fully saturated rings. The number of aryl methyl sites for hydroxylation is 1. The van der Waals surface area contributed by atoms with Gasteiger partial charge in [-0.3, -0.25) is 0 Å². The topological polar surface area (TPSA) is 22.1 Å². The summed E-state index contributed by atoms with van der Waals surface area (Å²) in [5, 5.41) is 1.00. The van der Waals surface area contributed by atoms with Crippen LogP contribution in [-0.2, 0) is 0 Å². The molecule has 3 aromatic carbocycles. The monoisotopic (exact) mass is 343 g/mol. The van der Waals surface area contributed by atoms with Gasteiger partial charge in [0.25, 0.3) is 0 Å². The van der Waals surface area contributed by atoms with E-state index in [9.17, 15) is 4.39 Å². The highest BCUT2D eigenvalue weighted by atomic mass is 19.1. The quantitative estimate of drug-likeness (QED) is 0.453. The minimum absolute atomic E-state index is 0.283. The van der Waals surface area contributed by atoms with Crippen LogP contribution in [0.5, 0.6) is 5.75 Å². The maximum Gasteiger partial charge on any atom is 0.132 e. The van der Waals surface area contributed by atoms with Crippen LogP contribution in [0.25, 0.3) is 33.3 Å². The zero-order valence-electron chi connectivity index (χ0n) is 14.7. The summed E-state index contributed by atoms with van der Waals surface area (Å²) < 4.78 is 20.2. The number of hydrogen-bond donors (Lipinski definition) is 0. The van der Waals surface area contributed by atoms with Gasteiger partial charge in [0.1, 0.15) is 11.6 Å². The zero-order chi connectivity index (χ0) is 18.1. The Morgan fingerprint density at radius 1 is 0.808 bits per heavy atom. The Labute approximate surface area is 151 Å². The van der Waals surface area contributed by atoms with E-state index in [0.717, 1.165) is 33.3 Å². The molecule has 0 aliphatic rings. The number of fused-ring (bicyclic) bond motifs is 1. The number of rotatable bonds is 3. The van der Waals surface area contributed by atoms with Crippen LogP contribution in [0.3, 0.4) is 0 Å². The molecule has 0 aliphatic heterocycles. The third-order valence-electron chi connectivity index (χ3n) is 4.50. The second-order valence-electron chi connectivity index (χ2n) is 6.26. The summed E-state index contributed by atoms with van der Waals surface area (Å²) in [7, 11) is 1.64. The van der Waals surface area contributed by atoms with Crippen molar-refractivity contribution in [2.24, 2.45) is 0 Å². The first-order chi connectivity index (χ1) is 12.7. The van der Waals surface area contributed by atoms with Crippen LogP contribution in [-0.4, -0.2) is 12.1 Å². The van der Waals surface area contributed by atoms with E-state index >= 15 is 0 Å². The van der Waals surface area contributed by atoms with Crippen LogP contribution in [0, 0.1) is 12.7 Å². The van der Waals surface area contributed by atoms with Gasteiger partial charge in [-0.2, -0.15) is 0 Å². The first kappa shape index (κ1) is 16.3. The summed E-state index contributed by atoms with van der Waals surface area (Å²) in [4.78, 5) is 4.80. The lowest BCUT2D eigenvalue weighted by atomic mass is 9.95. The predicted molar refractivity (Wildman–Crippen MR) is 104 cm³/mol. The Kier molecular flexibility index (Phi) is 4.13. The van der Waals surface area contributed by atoms with Crippen LogP contribution in [0.4, 0.5) is 4.39 Å². The van der Waals surface area contributed by atoms with Crippen molar-refractivity contribution in [1.82, 2.24) is 4.98 Å². The van der Waals surface area contributed by atoms with Crippen molar-refractivity contribution in [2.75, 3.05) is 7.11 Å². The van der Waals surface area contributed by atoms with Crippen LogP contribution in [0.15, 0.2) is 72.8 Å². The van der Waals surface area contributed by atoms with Gasteiger partial charge in [-0.25, -0.2) is 9.37 Å². The Morgan fingerprint density at radius 3 is 2.42 bits per heavy atom. The van der Waals surface area contributed by atoms with Crippen LogP contribution in [0.1, 0.15) is 5.56 Å². The smallest absolute Gasteiger partial charge is 0.132 e. The van der Waals surface area contributed by atoms with E-state index in [2.05, 4.69) is 6.07 Å². The Morgan fingerprint density at radius 2 is 1.58 bits per heavy atom. The number of methoxy groups -OCH3 is 1. The minimum Gasteiger partial charge on any atom is -0.496 e. The van der Waals surface area contributed by atoms with Crippen molar-refractivity contribution in [3.8, 4) is 28.1 Å². The summed E-state index contributed by atoms with van der Waals surface area (Å²) in [5.41, 5.74) is 4.69. The highest BCUT2D eigenvalue weighted by Gasteiger charge is 2.17. The van der Waals surface area contributed by atoms with Crippen molar-refractivity contribution in [1.29, 1.82) is 0 Å². The molecule has 0 amide bonds. The summed E-state index contributed by atoms with van der Waals surface area (Å²) in [6.45, 7) is 1.95.